The van der Waals surface area contributed by atoms with Crippen molar-refractivity contribution in [3.63, 3.8) is 0 Å². The Kier molecular flexibility index (Phi) is 4.02. The molecule has 1 aromatic heterocycles. The van der Waals surface area contributed by atoms with Crippen molar-refractivity contribution < 1.29 is 0 Å². The van der Waals surface area contributed by atoms with Gasteiger partial charge >= 0.3 is 0 Å². The van der Waals surface area contributed by atoms with E-state index in [1.165, 1.54) is 21.6 Å². The quantitative estimate of drug-likeness (QED) is 0.875. The average molecular weight is 260 g/mol. The van der Waals surface area contributed by atoms with Crippen molar-refractivity contribution >= 4 is 16.5 Å². The Hall–Kier alpha value is -1.35. The third-order valence-electron chi connectivity index (χ3n) is 3.04. The first kappa shape index (κ1) is 13.1. The van der Waals surface area contributed by atoms with Gasteiger partial charge in [-0.2, -0.15) is 0 Å². The first-order chi connectivity index (χ1) is 8.58. The van der Waals surface area contributed by atoms with Gasteiger partial charge in [0.05, 0.1) is 4.88 Å². The molecule has 1 N–H and O–H groups in total. The third-order valence-corrected chi connectivity index (χ3v) is 4.03. The SMILES string of the molecule is Cc1cccc(-c2cnc(NCC(C)C)s2)c1C. The normalized spacial score (nSPS) is 10.9. The zero-order valence-electron chi connectivity index (χ0n) is 11.4. The van der Waals surface area contributed by atoms with Crippen molar-refractivity contribution in [2.45, 2.75) is 27.7 Å². The first-order valence-electron chi connectivity index (χ1n) is 6.34. The molecule has 0 radical (unpaired) electrons. The lowest BCUT2D eigenvalue weighted by molar-refractivity contribution is 0.688. The molecule has 96 valence electrons. The highest BCUT2D eigenvalue weighted by atomic mass is 32.1. The van der Waals surface area contributed by atoms with E-state index in [9.17, 15) is 0 Å². The van der Waals surface area contributed by atoms with E-state index in [1.54, 1.807) is 11.3 Å². The van der Waals surface area contributed by atoms with Crippen LogP contribution in [0.25, 0.3) is 10.4 Å². The van der Waals surface area contributed by atoms with Crippen LogP contribution in [0.5, 0.6) is 0 Å². The number of thiazole rings is 1. The summed E-state index contributed by atoms with van der Waals surface area (Å²) in [7, 11) is 0. The Bertz CT molecular complexity index is 529. The van der Waals surface area contributed by atoms with Crippen molar-refractivity contribution in [3.8, 4) is 10.4 Å². The second kappa shape index (κ2) is 5.53. The fourth-order valence-electron chi connectivity index (χ4n) is 1.79. The van der Waals surface area contributed by atoms with E-state index in [0.29, 0.717) is 5.92 Å². The van der Waals surface area contributed by atoms with E-state index < -0.39 is 0 Å². The zero-order chi connectivity index (χ0) is 13.1. The van der Waals surface area contributed by atoms with Crippen LogP contribution in [-0.2, 0) is 0 Å². The highest BCUT2D eigenvalue weighted by molar-refractivity contribution is 7.18. The molecule has 0 amide bonds. The molecule has 0 atom stereocenters. The Morgan fingerprint density at radius 3 is 2.78 bits per heavy atom. The summed E-state index contributed by atoms with van der Waals surface area (Å²) in [6.45, 7) is 9.70. The summed E-state index contributed by atoms with van der Waals surface area (Å²) in [4.78, 5) is 5.68. The molecule has 0 bridgehead atoms. The molecule has 2 aromatic rings. The van der Waals surface area contributed by atoms with Gasteiger partial charge in [-0.15, -0.1) is 0 Å². The lowest BCUT2D eigenvalue weighted by atomic mass is 10.0. The summed E-state index contributed by atoms with van der Waals surface area (Å²) in [5, 5.41) is 4.39. The molecule has 0 aliphatic rings. The average Bonchev–Trinajstić information content (AvgIpc) is 2.78. The number of rotatable bonds is 4. The van der Waals surface area contributed by atoms with E-state index in [2.05, 4.69) is 56.2 Å². The van der Waals surface area contributed by atoms with Crippen LogP contribution in [0.2, 0.25) is 0 Å². The molecule has 1 heterocycles. The smallest absolute Gasteiger partial charge is 0.183 e. The molecule has 0 saturated carbocycles. The second-order valence-corrected chi connectivity index (χ2v) is 6.08. The van der Waals surface area contributed by atoms with Crippen molar-refractivity contribution in [2.75, 3.05) is 11.9 Å². The van der Waals surface area contributed by atoms with Gasteiger partial charge in [0.1, 0.15) is 0 Å². The van der Waals surface area contributed by atoms with Gasteiger partial charge in [0, 0.05) is 12.7 Å². The van der Waals surface area contributed by atoms with Crippen molar-refractivity contribution in [1.82, 2.24) is 4.98 Å². The van der Waals surface area contributed by atoms with Gasteiger partial charge in [0.15, 0.2) is 5.13 Å². The van der Waals surface area contributed by atoms with E-state index in [-0.39, 0.29) is 0 Å². The lowest BCUT2D eigenvalue weighted by Crippen LogP contribution is -2.07. The van der Waals surface area contributed by atoms with Gasteiger partial charge in [-0.3, -0.25) is 0 Å². The molecule has 1 aromatic carbocycles. The zero-order valence-corrected chi connectivity index (χ0v) is 12.3. The van der Waals surface area contributed by atoms with Crippen molar-refractivity contribution in [3.05, 3.63) is 35.5 Å². The first-order valence-corrected chi connectivity index (χ1v) is 7.16. The predicted molar refractivity (Wildman–Crippen MR) is 80.4 cm³/mol. The Labute approximate surface area is 113 Å². The minimum Gasteiger partial charge on any atom is -0.361 e. The number of benzene rings is 1. The van der Waals surface area contributed by atoms with E-state index in [1.807, 2.05) is 6.20 Å². The molecule has 18 heavy (non-hydrogen) atoms. The highest BCUT2D eigenvalue weighted by Gasteiger charge is 2.08. The topological polar surface area (TPSA) is 24.9 Å². The summed E-state index contributed by atoms with van der Waals surface area (Å²) in [6.07, 6.45) is 1.97. The molecule has 0 spiro atoms. The van der Waals surface area contributed by atoms with Crippen molar-refractivity contribution in [1.29, 1.82) is 0 Å². The number of aryl methyl sites for hydroxylation is 1. The fourth-order valence-corrected chi connectivity index (χ4v) is 2.70. The number of anilines is 1. The highest BCUT2D eigenvalue weighted by Crippen LogP contribution is 2.32. The maximum absolute atomic E-state index is 4.44. The number of nitrogens with zero attached hydrogens (tertiary/aromatic N) is 1. The Morgan fingerprint density at radius 1 is 1.28 bits per heavy atom. The van der Waals surface area contributed by atoms with Gasteiger partial charge in [0.2, 0.25) is 0 Å². The molecule has 0 unspecified atom stereocenters. The van der Waals surface area contributed by atoms with Gasteiger partial charge in [0.25, 0.3) is 0 Å². The summed E-state index contributed by atoms with van der Waals surface area (Å²) >= 11 is 1.73. The van der Waals surface area contributed by atoms with E-state index >= 15 is 0 Å². The molecule has 2 rings (SSSR count). The monoisotopic (exact) mass is 260 g/mol. The summed E-state index contributed by atoms with van der Waals surface area (Å²) in [5.74, 6) is 0.637. The molecule has 0 aliphatic carbocycles. The van der Waals surface area contributed by atoms with Crippen LogP contribution in [0.15, 0.2) is 24.4 Å². The molecular weight excluding hydrogens is 240 g/mol. The standard InChI is InChI=1S/C15H20N2S/c1-10(2)8-16-15-17-9-14(18-15)13-7-5-6-11(3)12(13)4/h5-7,9-10H,8H2,1-4H3,(H,16,17). The van der Waals surface area contributed by atoms with Gasteiger partial charge in [-0.1, -0.05) is 43.4 Å². The molecule has 0 aliphatic heterocycles. The number of hydrogen-bond donors (Lipinski definition) is 1. The third kappa shape index (κ3) is 2.91. The summed E-state index contributed by atoms with van der Waals surface area (Å²) < 4.78 is 0. The Morgan fingerprint density at radius 2 is 2.06 bits per heavy atom. The van der Waals surface area contributed by atoms with Gasteiger partial charge in [-0.05, 0) is 36.5 Å². The van der Waals surface area contributed by atoms with Crippen LogP contribution in [0.1, 0.15) is 25.0 Å². The summed E-state index contributed by atoms with van der Waals surface area (Å²) in [6, 6.07) is 6.43. The molecule has 2 nitrogen and oxygen atoms in total. The number of hydrogen-bond acceptors (Lipinski definition) is 3. The molecule has 3 heteroatoms. The van der Waals surface area contributed by atoms with Crippen LogP contribution in [0.3, 0.4) is 0 Å². The molecule has 0 fully saturated rings. The fraction of sp³-hybridized carbons (Fsp3) is 0.400. The maximum Gasteiger partial charge on any atom is 0.183 e. The minimum atomic E-state index is 0.637. The van der Waals surface area contributed by atoms with Crippen molar-refractivity contribution in [2.24, 2.45) is 5.92 Å². The van der Waals surface area contributed by atoms with Crippen LogP contribution in [0, 0.1) is 19.8 Å². The van der Waals surface area contributed by atoms with Gasteiger partial charge in [-0.25, -0.2) is 4.98 Å². The molecule has 0 saturated heterocycles. The van der Waals surface area contributed by atoms with Crippen LogP contribution >= 0.6 is 11.3 Å². The largest absolute Gasteiger partial charge is 0.361 e. The Balaban J connectivity index is 2.21. The lowest BCUT2D eigenvalue weighted by Gasteiger charge is -2.06. The summed E-state index contributed by atoms with van der Waals surface area (Å²) in [5.41, 5.74) is 3.97. The molecular formula is C15H20N2S. The minimum absolute atomic E-state index is 0.637. The van der Waals surface area contributed by atoms with Crippen LogP contribution in [0.4, 0.5) is 5.13 Å². The maximum atomic E-state index is 4.44. The van der Waals surface area contributed by atoms with E-state index in [0.717, 1.165) is 11.7 Å². The second-order valence-electron chi connectivity index (χ2n) is 5.05. The van der Waals surface area contributed by atoms with E-state index in [4.69, 9.17) is 0 Å². The number of nitrogens with one attached hydrogen (secondary N) is 1. The predicted octanol–water partition coefficient (Wildman–Crippen LogP) is 4.49. The number of aromatic nitrogens is 1. The van der Waals surface area contributed by atoms with Crippen LogP contribution in [-0.4, -0.2) is 11.5 Å². The van der Waals surface area contributed by atoms with Gasteiger partial charge < -0.3 is 5.32 Å². The van der Waals surface area contributed by atoms with Crippen LogP contribution < -0.4 is 5.32 Å².